The molecule has 0 bridgehead atoms. The van der Waals surface area contributed by atoms with Gasteiger partial charge in [-0.15, -0.1) is 0 Å². The lowest BCUT2D eigenvalue weighted by molar-refractivity contribution is 0.199. The highest BCUT2D eigenvalue weighted by Gasteiger charge is 1.96. The fourth-order valence-electron chi connectivity index (χ4n) is 1.04. The van der Waals surface area contributed by atoms with Crippen molar-refractivity contribution in [3.63, 3.8) is 0 Å². The van der Waals surface area contributed by atoms with Gasteiger partial charge >= 0.3 is 0 Å². The average molecular weight is 291 g/mol. The molecule has 0 aliphatic carbocycles. The van der Waals surface area contributed by atoms with E-state index in [4.69, 9.17) is 4.74 Å². The summed E-state index contributed by atoms with van der Waals surface area (Å²) in [5, 5.41) is 3.31. The van der Waals surface area contributed by atoms with Crippen LogP contribution >= 0.6 is 22.6 Å². The first kappa shape index (κ1) is 10.9. The van der Waals surface area contributed by atoms with E-state index in [0.29, 0.717) is 0 Å². The number of nitrogens with one attached hydrogen (secondary N) is 1. The van der Waals surface area contributed by atoms with Crippen molar-refractivity contribution < 1.29 is 4.74 Å². The molecule has 0 aliphatic rings. The Hall–Kier alpha value is -0.130. The zero-order valence-electron chi connectivity index (χ0n) is 7.72. The van der Waals surface area contributed by atoms with E-state index < -0.39 is 0 Å². The van der Waals surface area contributed by atoms with Gasteiger partial charge in [0, 0.05) is 23.8 Å². The molecule has 3 heteroatoms. The minimum absolute atomic E-state index is 0.767. The lowest BCUT2D eigenvalue weighted by Crippen LogP contribution is -2.18. The van der Waals surface area contributed by atoms with Gasteiger partial charge in [0.25, 0.3) is 0 Å². The van der Waals surface area contributed by atoms with Crippen molar-refractivity contribution in [1.29, 1.82) is 0 Å². The van der Waals surface area contributed by atoms with Crippen LogP contribution in [0.3, 0.4) is 0 Å². The Balaban J connectivity index is 2.32. The third-order valence-electron chi connectivity index (χ3n) is 1.76. The number of ether oxygens (including phenoxy) is 1. The Bertz CT molecular complexity index is 252. The second kappa shape index (κ2) is 6.34. The summed E-state index contributed by atoms with van der Waals surface area (Å²) in [7, 11) is 1.72. The van der Waals surface area contributed by atoms with Crippen LogP contribution in [0.25, 0.3) is 0 Å². The molecule has 1 aromatic rings. The zero-order valence-corrected chi connectivity index (χ0v) is 9.87. The monoisotopic (exact) mass is 291 g/mol. The van der Waals surface area contributed by atoms with Crippen LogP contribution in [0.15, 0.2) is 24.3 Å². The number of methoxy groups -OCH3 is 1. The van der Waals surface area contributed by atoms with Gasteiger partial charge in [-0.05, 0) is 34.2 Å². The van der Waals surface area contributed by atoms with Crippen LogP contribution in [0.1, 0.15) is 5.56 Å². The first-order chi connectivity index (χ1) is 6.34. The molecule has 1 rings (SSSR count). The molecule has 0 radical (unpaired) electrons. The summed E-state index contributed by atoms with van der Waals surface area (Å²) >= 11 is 2.35. The summed E-state index contributed by atoms with van der Waals surface area (Å²) in [5.74, 6) is 0. The molecule has 0 unspecified atom stereocenters. The van der Waals surface area contributed by atoms with Crippen molar-refractivity contribution in [3.8, 4) is 0 Å². The summed E-state index contributed by atoms with van der Waals surface area (Å²) < 4.78 is 6.26. The average Bonchev–Trinajstić information content (AvgIpc) is 2.15. The van der Waals surface area contributed by atoms with Crippen molar-refractivity contribution >= 4 is 22.6 Å². The van der Waals surface area contributed by atoms with Gasteiger partial charge in [-0.3, -0.25) is 0 Å². The van der Waals surface area contributed by atoms with Gasteiger partial charge in [-0.25, -0.2) is 0 Å². The molecule has 0 heterocycles. The SMILES string of the molecule is COCCNCc1ccccc1I. The molecule has 0 aliphatic heterocycles. The van der Waals surface area contributed by atoms with Gasteiger partial charge < -0.3 is 10.1 Å². The normalized spacial score (nSPS) is 10.3. The van der Waals surface area contributed by atoms with Gasteiger partial charge in [0.15, 0.2) is 0 Å². The van der Waals surface area contributed by atoms with E-state index in [1.54, 1.807) is 7.11 Å². The molecule has 0 saturated carbocycles. The molecule has 1 aromatic carbocycles. The highest BCUT2D eigenvalue weighted by molar-refractivity contribution is 14.1. The summed E-state index contributed by atoms with van der Waals surface area (Å²) in [6.45, 7) is 2.59. The largest absolute Gasteiger partial charge is 0.383 e. The zero-order chi connectivity index (χ0) is 9.52. The molecule has 0 saturated heterocycles. The maximum atomic E-state index is 4.95. The molecule has 0 aromatic heterocycles. The molecular weight excluding hydrogens is 277 g/mol. The van der Waals surface area contributed by atoms with Crippen molar-refractivity contribution in [3.05, 3.63) is 33.4 Å². The molecule has 0 amide bonds. The fraction of sp³-hybridized carbons (Fsp3) is 0.400. The highest BCUT2D eigenvalue weighted by Crippen LogP contribution is 2.10. The number of hydrogen-bond donors (Lipinski definition) is 1. The van der Waals surface area contributed by atoms with Crippen LogP contribution in [0.5, 0.6) is 0 Å². The Morgan fingerprint density at radius 3 is 2.85 bits per heavy atom. The number of rotatable bonds is 5. The first-order valence-corrected chi connectivity index (χ1v) is 5.35. The van der Waals surface area contributed by atoms with E-state index >= 15 is 0 Å². The Labute approximate surface area is 92.8 Å². The number of halogens is 1. The summed E-state index contributed by atoms with van der Waals surface area (Å²) in [5.41, 5.74) is 1.35. The van der Waals surface area contributed by atoms with Gasteiger partial charge in [-0.2, -0.15) is 0 Å². The third kappa shape index (κ3) is 4.06. The Kier molecular flexibility index (Phi) is 5.34. The van der Waals surface area contributed by atoms with Crippen LogP contribution in [-0.4, -0.2) is 20.3 Å². The molecule has 2 nitrogen and oxygen atoms in total. The molecule has 1 N–H and O–H groups in total. The van der Waals surface area contributed by atoms with E-state index in [9.17, 15) is 0 Å². The van der Waals surface area contributed by atoms with Crippen LogP contribution in [0, 0.1) is 3.57 Å². The molecular formula is C10H14INO. The smallest absolute Gasteiger partial charge is 0.0587 e. The summed E-state index contributed by atoms with van der Waals surface area (Å²) in [6.07, 6.45) is 0. The summed E-state index contributed by atoms with van der Waals surface area (Å²) in [4.78, 5) is 0. The minimum atomic E-state index is 0.767. The maximum absolute atomic E-state index is 4.95. The van der Waals surface area contributed by atoms with Crippen molar-refractivity contribution in [2.75, 3.05) is 20.3 Å². The van der Waals surface area contributed by atoms with E-state index in [2.05, 4.69) is 52.2 Å². The topological polar surface area (TPSA) is 21.3 Å². The second-order valence-electron chi connectivity index (χ2n) is 2.76. The van der Waals surface area contributed by atoms with E-state index in [-0.39, 0.29) is 0 Å². The number of benzene rings is 1. The quantitative estimate of drug-likeness (QED) is 0.662. The predicted molar refractivity (Wildman–Crippen MR) is 62.7 cm³/mol. The molecule has 13 heavy (non-hydrogen) atoms. The van der Waals surface area contributed by atoms with Gasteiger partial charge in [0.2, 0.25) is 0 Å². The lowest BCUT2D eigenvalue weighted by Gasteiger charge is -2.05. The van der Waals surface area contributed by atoms with E-state index in [0.717, 1.165) is 19.7 Å². The third-order valence-corrected chi connectivity index (χ3v) is 2.81. The highest BCUT2D eigenvalue weighted by atomic mass is 127. The van der Waals surface area contributed by atoms with Crippen molar-refractivity contribution in [2.24, 2.45) is 0 Å². The van der Waals surface area contributed by atoms with Crippen molar-refractivity contribution in [2.45, 2.75) is 6.54 Å². The second-order valence-corrected chi connectivity index (χ2v) is 3.92. The minimum Gasteiger partial charge on any atom is -0.383 e. The van der Waals surface area contributed by atoms with Gasteiger partial charge in [0.1, 0.15) is 0 Å². The molecule has 0 spiro atoms. The van der Waals surface area contributed by atoms with Crippen molar-refractivity contribution in [1.82, 2.24) is 5.32 Å². The lowest BCUT2D eigenvalue weighted by atomic mass is 10.2. The standard InChI is InChI=1S/C10H14INO/c1-13-7-6-12-8-9-4-2-3-5-10(9)11/h2-5,12H,6-8H2,1H3. The van der Waals surface area contributed by atoms with E-state index in [1.165, 1.54) is 9.13 Å². The number of hydrogen-bond acceptors (Lipinski definition) is 2. The summed E-state index contributed by atoms with van der Waals surface area (Å²) in [6, 6.07) is 8.38. The van der Waals surface area contributed by atoms with E-state index in [1.807, 2.05) is 0 Å². The molecule has 0 atom stereocenters. The van der Waals surface area contributed by atoms with Crippen LogP contribution in [0.4, 0.5) is 0 Å². The Morgan fingerprint density at radius 2 is 2.15 bits per heavy atom. The fourth-order valence-corrected chi connectivity index (χ4v) is 1.62. The maximum Gasteiger partial charge on any atom is 0.0587 e. The predicted octanol–water partition coefficient (Wildman–Crippen LogP) is 2.03. The van der Waals surface area contributed by atoms with Crippen LogP contribution < -0.4 is 5.32 Å². The van der Waals surface area contributed by atoms with Crippen LogP contribution in [-0.2, 0) is 11.3 Å². The Morgan fingerprint density at radius 1 is 1.38 bits per heavy atom. The van der Waals surface area contributed by atoms with Gasteiger partial charge in [-0.1, -0.05) is 18.2 Å². The first-order valence-electron chi connectivity index (χ1n) is 4.27. The molecule has 72 valence electrons. The van der Waals surface area contributed by atoms with Gasteiger partial charge in [0.05, 0.1) is 6.61 Å². The van der Waals surface area contributed by atoms with Crippen LogP contribution in [0.2, 0.25) is 0 Å². The molecule has 0 fully saturated rings.